The molecule has 2 heterocycles. The van der Waals surface area contributed by atoms with Crippen molar-refractivity contribution in [3.63, 3.8) is 0 Å². The van der Waals surface area contributed by atoms with Crippen molar-refractivity contribution in [3.05, 3.63) is 58.6 Å². The number of carbonyl (C=O) groups excluding carboxylic acids is 2. The highest BCUT2D eigenvalue weighted by Crippen LogP contribution is 2.36. The van der Waals surface area contributed by atoms with Gasteiger partial charge >= 0.3 is 0 Å². The van der Waals surface area contributed by atoms with Crippen LogP contribution in [0.15, 0.2) is 52.8 Å². The Morgan fingerprint density at radius 3 is 2.46 bits per heavy atom. The van der Waals surface area contributed by atoms with Gasteiger partial charge in [-0.25, -0.2) is 9.91 Å². The lowest BCUT2D eigenvalue weighted by Gasteiger charge is -2.21. The second-order valence-corrected chi connectivity index (χ2v) is 7.17. The first-order valence-corrected chi connectivity index (χ1v) is 8.96. The van der Waals surface area contributed by atoms with Gasteiger partial charge in [0.2, 0.25) is 0 Å². The first kappa shape index (κ1) is 15.5. The Labute approximate surface area is 155 Å². The molecule has 6 nitrogen and oxygen atoms in total. The van der Waals surface area contributed by atoms with Gasteiger partial charge in [0.25, 0.3) is 11.8 Å². The molecular formula is C19H15ClN4O2. The first-order chi connectivity index (χ1) is 12.6. The Morgan fingerprint density at radius 1 is 0.923 bits per heavy atom. The van der Waals surface area contributed by atoms with Gasteiger partial charge in [-0.3, -0.25) is 9.59 Å². The number of amides is 2. The van der Waals surface area contributed by atoms with E-state index in [4.69, 9.17) is 11.6 Å². The van der Waals surface area contributed by atoms with Gasteiger partial charge in [0, 0.05) is 5.02 Å². The van der Waals surface area contributed by atoms with Crippen LogP contribution in [0.25, 0.3) is 0 Å². The molecule has 0 radical (unpaired) electrons. The van der Waals surface area contributed by atoms with Crippen LogP contribution in [0.4, 0.5) is 11.4 Å². The number of hydrogen-bond acceptors (Lipinski definition) is 5. The lowest BCUT2D eigenvalue weighted by molar-refractivity contribution is -0.121. The van der Waals surface area contributed by atoms with Gasteiger partial charge in [0.05, 0.1) is 11.4 Å². The van der Waals surface area contributed by atoms with Crippen LogP contribution in [0.2, 0.25) is 5.02 Å². The fourth-order valence-electron chi connectivity index (χ4n) is 3.92. The summed E-state index contributed by atoms with van der Waals surface area (Å²) in [6.45, 7) is 0. The molecule has 1 saturated heterocycles. The van der Waals surface area contributed by atoms with E-state index in [2.05, 4.69) is 10.3 Å². The van der Waals surface area contributed by atoms with Crippen LogP contribution in [0.3, 0.4) is 0 Å². The Bertz CT molecular complexity index is 957. The Balaban J connectivity index is 1.50. The molecule has 2 atom stereocenters. The fraction of sp³-hybridized carbons (Fsp3) is 0.263. The number of aryl methyl sites for hydroxylation is 2. The van der Waals surface area contributed by atoms with Crippen LogP contribution in [-0.2, 0) is 22.4 Å². The van der Waals surface area contributed by atoms with E-state index >= 15 is 0 Å². The van der Waals surface area contributed by atoms with Gasteiger partial charge in [0.15, 0.2) is 12.1 Å². The first-order valence-electron chi connectivity index (χ1n) is 8.59. The number of rotatable bonds is 2. The zero-order valence-electron chi connectivity index (χ0n) is 13.8. The van der Waals surface area contributed by atoms with Crippen molar-refractivity contribution in [1.82, 2.24) is 0 Å². The number of anilines is 2. The predicted octanol–water partition coefficient (Wildman–Crippen LogP) is 3.33. The maximum atomic E-state index is 13.1. The summed E-state index contributed by atoms with van der Waals surface area (Å²) in [6.07, 6.45) is 3.16. The van der Waals surface area contributed by atoms with E-state index in [0.29, 0.717) is 16.4 Å². The summed E-state index contributed by atoms with van der Waals surface area (Å²) in [5.41, 5.74) is 3.83. The van der Waals surface area contributed by atoms with Crippen LogP contribution >= 0.6 is 11.6 Å². The normalized spacial score (nSPS) is 23.7. The van der Waals surface area contributed by atoms with Gasteiger partial charge in [-0.1, -0.05) is 22.9 Å². The summed E-state index contributed by atoms with van der Waals surface area (Å²) in [5.74, 6) is -0.615. The molecule has 0 aromatic heterocycles. The highest BCUT2D eigenvalue weighted by molar-refractivity contribution is 6.30. The zero-order chi connectivity index (χ0) is 17.8. The van der Waals surface area contributed by atoms with E-state index in [1.54, 1.807) is 24.3 Å². The molecule has 5 rings (SSSR count). The average molecular weight is 367 g/mol. The highest BCUT2D eigenvalue weighted by atomic mass is 35.5. The molecule has 7 heteroatoms. The third kappa shape index (κ3) is 2.18. The second-order valence-electron chi connectivity index (χ2n) is 6.73. The van der Waals surface area contributed by atoms with Crippen molar-refractivity contribution in [1.29, 1.82) is 0 Å². The molecule has 1 aliphatic carbocycles. The van der Waals surface area contributed by atoms with Crippen molar-refractivity contribution in [2.45, 2.75) is 31.3 Å². The van der Waals surface area contributed by atoms with Gasteiger partial charge in [0.1, 0.15) is 0 Å². The summed E-state index contributed by atoms with van der Waals surface area (Å²) in [6, 6.07) is 11.3. The van der Waals surface area contributed by atoms with Crippen molar-refractivity contribution in [2.75, 3.05) is 9.91 Å². The van der Waals surface area contributed by atoms with Crippen LogP contribution in [0, 0.1) is 0 Å². The van der Waals surface area contributed by atoms with E-state index in [0.717, 1.165) is 19.3 Å². The third-order valence-corrected chi connectivity index (χ3v) is 5.47. The SMILES string of the molecule is O=C1C2N=NN(c3ccc(Cl)cc3)C2C(=O)N1c1ccc2c(c1)CCC2. The molecular weight excluding hydrogens is 352 g/mol. The number of fused-ring (bicyclic) bond motifs is 2. The molecule has 0 bridgehead atoms. The molecule has 0 N–H and O–H groups in total. The average Bonchev–Trinajstić information content (AvgIpc) is 3.33. The van der Waals surface area contributed by atoms with Crippen LogP contribution in [0.5, 0.6) is 0 Å². The maximum Gasteiger partial charge on any atom is 0.263 e. The van der Waals surface area contributed by atoms with Gasteiger partial charge < -0.3 is 0 Å². The van der Waals surface area contributed by atoms with Crippen LogP contribution < -0.4 is 9.91 Å². The van der Waals surface area contributed by atoms with Gasteiger partial charge in [-0.15, -0.1) is 0 Å². The number of carbonyl (C=O) groups is 2. The minimum atomic E-state index is -0.800. The molecule has 130 valence electrons. The molecule has 2 aromatic rings. The summed E-state index contributed by atoms with van der Waals surface area (Å²) >= 11 is 5.93. The van der Waals surface area contributed by atoms with Crippen molar-refractivity contribution < 1.29 is 9.59 Å². The number of hydrogen-bond donors (Lipinski definition) is 0. The number of nitrogens with zero attached hydrogens (tertiary/aromatic N) is 4. The molecule has 2 unspecified atom stereocenters. The molecule has 0 saturated carbocycles. The van der Waals surface area contributed by atoms with Crippen molar-refractivity contribution >= 4 is 34.8 Å². The standard InChI is InChI=1S/C19H15ClN4O2/c20-13-5-8-14(9-6-13)24-17-16(21-22-24)18(25)23(19(17)26)15-7-4-11-2-1-3-12(11)10-15/h4-10,16-17H,1-3H2. The topological polar surface area (TPSA) is 65.3 Å². The van der Waals surface area contributed by atoms with Crippen molar-refractivity contribution in [2.24, 2.45) is 10.3 Å². The quantitative estimate of drug-likeness (QED) is 0.766. The summed E-state index contributed by atoms with van der Waals surface area (Å²) < 4.78 is 0. The lowest BCUT2D eigenvalue weighted by Crippen LogP contribution is -2.39. The van der Waals surface area contributed by atoms with Crippen LogP contribution in [-0.4, -0.2) is 23.9 Å². The van der Waals surface area contributed by atoms with E-state index in [1.807, 2.05) is 18.2 Å². The van der Waals surface area contributed by atoms with E-state index in [-0.39, 0.29) is 11.8 Å². The summed E-state index contributed by atoms with van der Waals surface area (Å²) in [4.78, 5) is 27.2. The summed E-state index contributed by atoms with van der Waals surface area (Å²) in [5, 5.41) is 10.2. The van der Waals surface area contributed by atoms with Crippen LogP contribution in [0.1, 0.15) is 17.5 Å². The maximum absolute atomic E-state index is 13.1. The summed E-state index contributed by atoms with van der Waals surface area (Å²) in [7, 11) is 0. The van der Waals surface area contributed by atoms with Gasteiger partial charge in [-0.05, 0) is 66.8 Å². The minimum Gasteiger partial charge on any atom is -0.271 e. The Kier molecular flexibility index (Phi) is 3.37. The molecule has 3 aliphatic rings. The third-order valence-electron chi connectivity index (χ3n) is 5.21. The largest absolute Gasteiger partial charge is 0.271 e. The fourth-order valence-corrected chi connectivity index (χ4v) is 4.04. The molecule has 26 heavy (non-hydrogen) atoms. The molecule has 2 amide bonds. The Morgan fingerprint density at radius 2 is 1.65 bits per heavy atom. The van der Waals surface area contributed by atoms with E-state index in [1.165, 1.54) is 21.0 Å². The van der Waals surface area contributed by atoms with E-state index in [9.17, 15) is 9.59 Å². The second kappa shape index (κ2) is 5.64. The molecule has 2 aromatic carbocycles. The molecule has 0 spiro atoms. The number of benzene rings is 2. The van der Waals surface area contributed by atoms with Gasteiger partial charge in [-0.2, -0.15) is 5.11 Å². The minimum absolute atomic E-state index is 0.294. The molecule has 2 aliphatic heterocycles. The zero-order valence-corrected chi connectivity index (χ0v) is 14.6. The van der Waals surface area contributed by atoms with Crippen molar-refractivity contribution in [3.8, 4) is 0 Å². The monoisotopic (exact) mass is 366 g/mol. The Hall–Kier alpha value is -2.73. The predicted molar refractivity (Wildman–Crippen MR) is 97.3 cm³/mol. The number of halogens is 1. The highest BCUT2D eigenvalue weighted by Gasteiger charge is 2.55. The number of imide groups is 1. The van der Waals surface area contributed by atoms with E-state index < -0.39 is 12.1 Å². The smallest absolute Gasteiger partial charge is 0.263 e. The lowest BCUT2D eigenvalue weighted by atomic mass is 10.1. The molecule has 1 fully saturated rings.